The molecule has 2 unspecified atom stereocenters. The molecule has 0 bridgehead atoms. The molecule has 92 valence electrons. The molecule has 3 nitrogen and oxygen atoms in total. The van der Waals surface area contributed by atoms with Gasteiger partial charge in [-0.25, -0.2) is 0 Å². The molecule has 0 N–H and O–H groups in total. The first-order valence-electron chi connectivity index (χ1n) is 6.62. The SMILES string of the molecule is CCC1CCCN(CC2COCCC2=O)C1. The molecule has 0 aromatic carbocycles. The average Bonchev–Trinajstić information content (AvgIpc) is 2.32. The highest BCUT2D eigenvalue weighted by molar-refractivity contribution is 5.82. The van der Waals surface area contributed by atoms with Gasteiger partial charge in [0, 0.05) is 19.5 Å². The fraction of sp³-hybridized carbons (Fsp3) is 0.923. The molecule has 16 heavy (non-hydrogen) atoms. The lowest BCUT2D eigenvalue weighted by atomic mass is 9.93. The van der Waals surface area contributed by atoms with Crippen LogP contribution in [0.25, 0.3) is 0 Å². The number of Topliss-reactive ketones (excluding diaryl/α,β-unsaturated/α-hetero) is 1. The van der Waals surface area contributed by atoms with Gasteiger partial charge in [-0.1, -0.05) is 13.3 Å². The van der Waals surface area contributed by atoms with Gasteiger partial charge in [-0.3, -0.25) is 4.79 Å². The fourth-order valence-electron chi connectivity index (χ4n) is 2.81. The van der Waals surface area contributed by atoms with E-state index in [2.05, 4.69) is 11.8 Å². The first kappa shape index (κ1) is 12.1. The van der Waals surface area contributed by atoms with Crippen LogP contribution in [-0.2, 0) is 9.53 Å². The third kappa shape index (κ3) is 3.05. The number of carbonyl (C=O) groups excluding carboxylic acids is 1. The minimum atomic E-state index is 0.143. The summed E-state index contributed by atoms with van der Waals surface area (Å²) in [6, 6.07) is 0. The molecule has 0 saturated carbocycles. The molecule has 2 aliphatic heterocycles. The molecule has 0 aromatic rings. The van der Waals surface area contributed by atoms with Crippen LogP contribution >= 0.6 is 0 Å². The number of rotatable bonds is 3. The van der Waals surface area contributed by atoms with Crippen molar-refractivity contribution in [2.45, 2.75) is 32.6 Å². The summed E-state index contributed by atoms with van der Waals surface area (Å²) in [5.41, 5.74) is 0. The maximum Gasteiger partial charge on any atom is 0.141 e. The Morgan fingerprint density at radius 2 is 2.38 bits per heavy atom. The van der Waals surface area contributed by atoms with Gasteiger partial charge >= 0.3 is 0 Å². The Morgan fingerprint density at radius 3 is 3.12 bits per heavy atom. The Labute approximate surface area is 98.1 Å². The summed E-state index contributed by atoms with van der Waals surface area (Å²) in [4.78, 5) is 14.2. The van der Waals surface area contributed by atoms with E-state index in [0.29, 0.717) is 25.4 Å². The summed E-state index contributed by atoms with van der Waals surface area (Å²) in [7, 11) is 0. The molecule has 0 aromatic heterocycles. The lowest BCUT2D eigenvalue weighted by Gasteiger charge is -2.35. The number of carbonyl (C=O) groups is 1. The van der Waals surface area contributed by atoms with Gasteiger partial charge in [0.25, 0.3) is 0 Å². The van der Waals surface area contributed by atoms with Crippen LogP contribution in [0, 0.1) is 11.8 Å². The number of piperidine rings is 1. The summed E-state index contributed by atoms with van der Waals surface area (Å²) >= 11 is 0. The first-order chi connectivity index (χ1) is 7.79. The van der Waals surface area contributed by atoms with Gasteiger partial charge in [0.05, 0.1) is 19.1 Å². The van der Waals surface area contributed by atoms with Crippen molar-refractivity contribution in [1.82, 2.24) is 4.90 Å². The molecule has 2 rings (SSSR count). The molecule has 0 amide bonds. The van der Waals surface area contributed by atoms with Crippen molar-refractivity contribution in [2.24, 2.45) is 11.8 Å². The molecular formula is C13H23NO2. The standard InChI is InChI=1S/C13H23NO2/c1-2-11-4-3-6-14(8-11)9-12-10-16-7-5-13(12)15/h11-12H,2-10H2,1H3. The zero-order valence-corrected chi connectivity index (χ0v) is 10.3. The lowest BCUT2D eigenvalue weighted by Crippen LogP contribution is -2.43. The number of likely N-dealkylation sites (tertiary alicyclic amines) is 1. The van der Waals surface area contributed by atoms with Crippen LogP contribution in [0.4, 0.5) is 0 Å². The molecule has 2 heterocycles. The smallest absolute Gasteiger partial charge is 0.141 e. The Morgan fingerprint density at radius 1 is 1.50 bits per heavy atom. The van der Waals surface area contributed by atoms with Gasteiger partial charge in [0.2, 0.25) is 0 Å². The van der Waals surface area contributed by atoms with Gasteiger partial charge < -0.3 is 9.64 Å². The molecular weight excluding hydrogens is 202 g/mol. The van der Waals surface area contributed by atoms with Crippen molar-refractivity contribution in [3.8, 4) is 0 Å². The predicted octanol–water partition coefficient (Wildman–Crippen LogP) is 1.71. The first-order valence-corrected chi connectivity index (χ1v) is 6.62. The van der Waals surface area contributed by atoms with Crippen LogP contribution in [0.3, 0.4) is 0 Å². The molecule has 3 heteroatoms. The van der Waals surface area contributed by atoms with E-state index in [9.17, 15) is 4.79 Å². The highest BCUT2D eigenvalue weighted by Crippen LogP contribution is 2.21. The van der Waals surface area contributed by atoms with Crippen LogP contribution < -0.4 is 0 Å². The highest BCUT2D eigenvalue weighted by atomic mass is 16.5. The second-order valence-electron chi connectivity index (χ2n) is 5.16. The predicted molar refractivity (Wildman–Crippen MR) is 63.4 cm³/mol. The van der Waals surface area contributed by atoms with Crippen molar-refractivity contribution in [2.75, 3.05) is 32.8 Å². The molecule has 2 atom stereocenters. The minimum absolute atomic E-state index is 0.143. The van der Waals surface area contributed by atoms with Crippen LogP contribution in [0.15, 0.2) is 0 Å². The van der Waals surface area contributed by atoms with Gasteiger partial charge in [-0.05, 0) is 25.3 Å². The van der Waals surface area contributed by atoms with E-state index in [4.69, 9.17) is 4.74 Å². The van der Waals surface area contributed by atoms with Crippen LogP contribution in [0.5, 0.6) is 0 Å². The zero-order valence-electron chi connectivity index (χ0n) is 10.3. The zero-order chi connectivity index (χ0) is 11.4. The van der Waals surface area contributed by atoms with E-state index in [0.717, 1.165) is 12.5 Å². The summed E-state index contributed by atoms with van der Waals surface area (Å²) in [6.07, 6.45) is 4.55. The normalized spacial score (nSPS) is 32.9. The molecule has 0 radical (unpaired) electrons. The van der Waals surface area contributed by atoms with Crippen molar-refractivity contribution in [3.63, 3.8) is 0 Å². The fourth-order valence-corrected chi connectivity index (χ4v) is 2.81. The van der Waals surface area contributed by atoms with E-state index in [1.165, 1.54) is 32.4 Å². The van der Waals surface area contributed by atoms with Crippen molar-refractivity contribution < 1.29 is 9.53 Å². The Hall–Kier alpha value is -0.410. The average molecular weight is 225 g/mol. The van der Waals surface area contributed by atoms with Gasteiger partial charge in [-0.15, -0.1) is 0 Å². The van der Waals surface area contributed by atoms with Gasteiger partial charge in [0.15, 0.2) is 0 Å². The third-order valence-corrected chi connectivity index (χ3v) is 3.93. The number of hydrogen-bond donors (Lipinski definition) is 0. The third-order valence-electron chi connectivity index (χ3n) is 3.93. The van der Waals surface area contributed by atoms with Gasteiger partial charge in [-0.2, -0.15) is 0 Å². The van der Waals surface area contributed by atoms with Crippen molar-refractivity contribution in [3.05, 3.63) is 0 Å². The molecule has 2 fully saturated rings. The highest BCUT2D eigenvalue weighted by Gasteiger charge is 2.27. The minimum Gasteiger partial charge on any atom is -0.380 e. The van der Waals surface area contributed by atoms with E-state index in [1.54, 1.807) is 0 Å². The quantitative estimate of drug-likeness (QED) is 0.732. The van der Waals surface area contributed by atoms with Crippen LogP contribution in [-0.4, -0.2) is 43.5 Å². The maximum absolute atomic E-state index is 11.7. The van der Waals surface area contributed by atoms with Crippen molar-refractivity contribution in [1.29, 1.82) is 0 Å². The van der Waals surface area contributed by atoms with E-state index >= 15 is 0 Å². The molecule has 2 aliphatic rings. The van der Waals surface area contributed by atoms with Gasteiger partial charge in [0.1, 0.15) is 5.78 Å². The largest absolute Gasteiger partial charge is 0.380 e. The van der Waals surface area contributed by atoms with E-state index in [1.807, 2.05) is 0 Å². The monoisotopic (exact) mass is 225 g/mol. The Balaban J connectivity index is 1.81. The topological polar surface area (TPSA) is 29.5 Å². The summed E-state index contributed by atoms with van der Waals surface area (Å²) < 4.78 is 5.40. The number of ether oxygens (including phenoxy) is 1. The maximum atomic E-state index is 11.7. The number of ketones is 1. The second-order valence-corrected chi connectivity index (χ2v) is 5.16. The molecule has 0 aliphatic carbocycles. The Bertz CT molecular complexity index is 242. The van der Waals surface area contributed by atoms with Crippen molar-refractivity contribution >= 4 is 5.78 Å². The lowest BCUT2D eigenvalue weighted by molar-refractivity contribution is -0.131. The van der Waals surface area contributed by atoms with E-state index < -0.39 is 0 Å². The summed E-state index contributed by atoms with van der Waals surface area (Å²) in [5, 5.41) is 0. The number of nitrogens with zero attached hydrogens (tertiary/aromatic N) is 1. The molecule has 2 saturated heterocycles. The summed E-state index contributed by atoms with van der Waals surface area (Å²) in [6.45, 7) is 6.82. The van der Waals surface area contributed by atoms with Crippen LogP contribution in [0.1, 0.15) is 32.6 Å². The van der Waals surface area contributed by atoms with Crippen LogP contribution in [0.2, 0.25) is 0 Å². The number of hydrogen-bond acceptors (Lipinski definition) is 3. The summed E-state index contributed by atoms with van der Waals surface area (Å²) in [5.74, 6) is 1.39. The Kier molecular flexibility index (Phi) is 4.36. The second kappa shape index (κ2) is 5.78. The van der Waals surface area contributed by atoms with E-state index in [-0.39, 0.29) is 5.92 Å². The molecule has 0 spiro atoms.